The lowest BCUT2D eigenvalue weighted by molar-refractivity contribution is -0.223. The van der Waals surface area contributed by atoms with Gasteiger partial charge >= 0.3 is 23.9 Å². The van der Waals surface area contributed by atoms with E-state index in [0.717, 1.165) is 0 Å². The molecule has 0 amide bonds. The Morgan fingerprint density at radius 3 is 1.29 bits per heavy atom. The van der Waals surface area contributed by atoms with Crippen LogP contribution in [0.3, 0.4) is 0 Å². The van der Waals surface area contributed by atoms with Crippen molar-refractivity contribution in [2.45, 2.75) is 44.4 Å². The molecule has 5 rings (SSSR count). The molecule has 12 heteroatoms. The van der Waals surface area contributed by atoms with Crippen molar-refractivity contribution in [1.29, 1.82) is 0 Å². The van der Waals surface area contributed by atoms with E-state index in [1.54, 1.807) is 98.8 Å². The number of hydrogen-bond acceptors (Lipinski definition) is 11. The van der Waals surface area contributed by atoms with E-state index in [2.05, 4.69) is 0 Å². The molecule has 0 bridgehead atoms. The van der Waals surface area contributed by atoms with Crippen molar-refractivity contribution in [2.75, 3.05) is 18.1 Å². The highest BCUT2D eigenvalue weighted by Gasteiger charge is 2.54. The SMILES string of the molecule is CC(C)CS(=O)(=O)CC1O[C@H](COC(=O)c2ccccc2)[C@@H](OC(=O)c2ccccc2)[C@H](OC(=O)c2ccccc2)[C@H]1OC(=O)c1ccccc1. The van der Waals surface area contributed by atoms with Gasteiger partial charge in [0.05, 0.1) is 33.8 Å². The van der Waals surface area contributed by atoms with Gasteiger partial charge in [-0.25, -0.2) is 27.6 Å². The lowest BCUT2D eigenvalue weighted by atomic mass is 9.94. The Hall–Kier alpha value is -5.33. The third-order valence-corrected chi connectivity index (χ3v) is 9.89. The Labute approximate surface area is 296 Å². The van der Waals surface area contributed by atoms with Crippen molar-refractivity contribution >= 4 is 33.7 Å². The zero-order valence-corrected chi connectivity index (χ0v) is 28.8. The molecule has 4 aromatic carbocycles. The molecule has 0 radical (unpaired) electrons. The molecule has 1 heterocycles. The molecular formula is C39H38O11S. The van der Waals surface area contributed by atoms with E-state index >= 15 is 0 Å². The Bertz CT molecular complexity index is 1880. The summed E-state index contributed by atoms with van der Waals surface area (Å²) < 4.78 is 56.8. The van der Waals surface area contributed by atoms with Crippen molar-refractivity contribution in [1.82, 2.24) is 0 Å². The summed E-state index contributed by atoms with van der Waals surface area (Å²) >= 11 is 0. The number of ether oxygens (including phenoxy) is 5. The van der Waals surface area contributed by atoms with E-state index in [-0.39, 0.29) is 33.9 Å². The maximum absolute atomic E-state index is 13.7. The van der Waals surface area contributed by atoms with Gasteiger partial charge < -0.3 is 23.7 Å². The fraction of sp³-hybridized carbons (Fsp3) is 0.282. The third-order valence-electron chi connectivity index (χ3n) is 7.88. The number of carbonyl (C=O) groups is 4. The van der Waals surface area contributed by atoms with Crippen LogP contribution in [0.25, 0.3) is 0 Å². The first-order valence-electron chi connectivity index (χ1n) is 16.4. The first-order chi connectivity index (χ1) is 24.5. The summed E-state index contributed by atoms with van der Waals surface area (Å²) in [5, 5.41) is 0. The number of benzene rings is 4. The number of rotatable bonds is 13. The Morgan fingerprint density at radius 1 is 0.549 bits per heavy atom. The topological polar surface area (TPSA) is 149 Å². The van der Waals surface area contributed by atoms with Crippen LogP contribution in [-0.4, -0.2) is 80.9 Å². The second kappa shape index (κ2) is 17.1. The van der Waals surface area contributed by atoms with Crippen LogP contribution < -0.4 is 0 Å². The molecule has 1 aliphatic heterocycles. The van der Waals surface area contributed by atoms with Crippen molar-refractivity contribution in [3.05, 3.63) is 144 Å². The zero-order chi connectivity index (χ0) is 36.4. The molecule has 1 fully saturated rings. The average Bonchev–Trinajstić information content (AvgIpc) is 3.13. The second-order valence-corrected chi connectivity index (χ2v) is 14.5. The summed E-state index contributed by atoms with van der Waals surface area (Å²) in [5.74, 6) is -4.43. The minimum atomic E-state index is -3.87. The van der Waals surface area contributed by atoms with Gasteiger partial charge in [-0.3, -0.25) is 0 Å². The largest absolute Gasteiger partial charge is 0.459 e. The molecule has 51 heavy (non-hydrogen) atoms. The van der Waals surface area contributed by atoms with Gasteiger partial charge in [0.15, 0.2) is 28.1 Å². The van der Waals surface area contributed by atoms with Gasteiger partial charge in [0.25, 0.3) is 0 Å². The van der Waals surface area contributed by atoms with Crippen LogP contribution >= 0.6 is 0 Å². The molecule has 0 aliphatic carbocycles. The van der Waals surface area contributed by atoms with E-state index < -0.39 is 76.6 Å². The molecule has 0 aromatic heterocycles. The Balaban J connectivity index is 1.59. The predicted octanol–water partition coefficient (Wildman–Crippen LogP) is 5.36. The van der Waals surface area contributed by atoms with Crippen LogP contribution in [0.5, 0.6) is 0 Å². The molecule has 5 atom stereocenters. The van der Waals surface area contributed by atoms with Gasteiger partial charge in [0.2, 0.25) is 0 Å². The van der Waals surface area contributed by atoms with Crippen molar-refractivity contribution in [3.8, 4) is 0 Å². The van der Waals surface area contributed by atoms with Crippen LogP contribution in [0.1, 0.15) is 55.3 Å². The maximum atomic E-state index is 13.7. The molecular weight excluding hydrogens is 676 g/mol. The molecule has 1 saturated heterocycles. The van der Waals surface area contributed by atoms with E-state index in [9.17, 15) is 27.6 Å². The number of sulfone groups is 1. The maximum Gasteiger partial charge on any atom is 0.338 e. The highest BCUT2D eigenvalue weighted by atomic mass is 32.2. The van der Waals surface area contributed by atoms with E-state index in [1.165, 1.54) is 36.4 Å². The molecule has 266 valence electrons. The summed E-state index contributed by atoms with van der Waals surface area (Å²) in [7, 11) is -3.87. The molecule has 0 N–H and O–H groups in total. The number of hydrogen-bond donors (Lipinski definition) is 0. The summed E-state index contributed by atoms with van der Waals surface area (Å²) in [6.45, 7) is 2.93. The van der Waals surface area contributed by atoms with Crippen LogP contribution in [0.4, 0.5) is 0 Å². The molecule has 1 unspecified atom stereocenters. The van der Waals surface area contributed by atoms with E-state index in [0.29, 0.717) is 0 Å². The fourth-order valence-electron chi connectivity index (χ4n) is 5.62. The summed E-state index contributed by atoms with van der Waals surface area (Å²) in [6, 6.07) is 32.0. The molecule has 0 spiro atoms. The van der Waals surface area contributed by atoms with Gasteiger partial charge in [-0.1, -0.05) is 86.6 Å². The predicted molar refractivity (Wildman–Crippen MR) is 186 cm³/mol. The quantitative estimate of drug-likeness (QED) is 0.130. The minimum Gasteiger partial charge on any atom is -0.459 e. The first-order valence-corrected chi connectivity index (χ1v) is 18.2. The van der Waals surface area contributed by atoms with Gasteiger partial charge in [-0.05, 0) is 54.4 Å². The molecule has 0 saturated carbocycles. The average molecular weight is 715 g/mol. The van der Waals surface area contributed by atoms with Gasteiger partial charge in [-0.2, -0.15) is 0 Å². The van der Waals surface area contributed by atoms with E-state index in [4.69, 9.17) is 23.7 Å². The van der Waals surface area contributed by atoms with Crippen molar-refractivity contribution < 1.29 is 51.3 Å². The monoisotopic (exact) mass is 714 g/mol. The van der Waals surface area contributed by atoms with Crippen LogP contribution in [0, 0.1) is 5.92 Å². The van der Waals surface area contributed by atoms with Crippen molar-refractivity contribution in [3.63, 3.8) is 0 Å². The normalized spacial score (nSPS) is 20.2. The van der Waals surface area contributed by atoms with Gasteiger partial charge in [-0.15, -0.1) is 0 Å². The molecule has 11 nitrogen and oxygen atoms in total. The summed E-state index contributed by atoms with van der Waals surface area (Å²) in [5.41, 5.74) is 0.626. The van der Waals surface area contributed by atoms with Crippen LogP contribution in [-0.2, 0) is 33.5 Å². The van der Waals surface area contributed by atoms with Crippen molar-refractivity contribution in [2.24, 2.45) is 5.92 Å². The van der Waals surface area contributed by atoms with Gasteiger partial charge in [0.1, 0.15) is 18.8 Å². The summed E-state index contributed by atoms with van der Waals surface area (Å²) in [6.07, 6.45) is -7.58. The lowest BCUT2D eigenvalue weighted by Gasteiger charge is -2.44. The molecule has 4 aromatic rings. The Morgan fingerprint density at radius 2 is 0.902 bits per heavy atom. The minimum absolute atomic E-state index is 0.126. The van der Waals surface area contributed by atoms with E-state index in [1.807, 2.05) is 0 Å². The van der Waals surface area contributed by atoms with Gasteiger partial charge in [0, 0.05) is 0 Å². The number of esters is 4. The highest BCUT2D eigenvalue weighted by Crippen LogP contribution is 2.32. The lowest BCUT2D eigenvalue weighted by Crippen LogP contribution is -2.63. The number of carbonyl (C=O) groups excluding carboxylic acids is 4. The third kappa shape index (κ3) is 10.1. The molecule has 1 aliphatic rings. The van der Waals surface area contributed by atoms with Crippen LogP contribution in [0.15, 0.2) is 121 Å². The highest BCUT2D eigenvalue weighted by molar-refractivity contribution is 7.91. The fourth-order valence-corrected chi connectivity index (χ4v) is 7.54. The summed E-state index contributed by atoms with van der Waals surface area (Å²) in [4.78, 5) is 53.8. The Kier molecular flexibility index (Phi) is 12.4. The zero-order valence-electron chi connectivity index (χ0n) is 28.0. The smallest absolute Gasteiger partial charge is 0.338 e. The first kappa shape index (κ1) is 36.9. The second-order valence-electron chi connectivity index (χ2n) is 12.4. The standard InChI is InChI=1S/C39H38O11S/c1-26(2)24-51(44,45)25-32-34(49-38(42)29-19-11-5-12-20-29)35(50-39(43)30-21-13-6-14-22-30)33(48-37(41)28-17-9-4-10-18-28)31(47-32)23-46-36(40)27-15-7-3-8-16-27/h3-22,26,31-35H,23-25H2,1-2H3/t31-,32?,33-,34+,35+/m1/s1. The van der Waals surface area contributed by atoms with Crippen LogP contribution in [0.2, 0.25) is 0 Å².